The third kappa shape index (κ3) is 3.36. The summed E-state index contributed by atoms with van der Waals surface area (Å²) >= 11 is 1.38. The van der Waals surface area contributed by atoms with E-state index in [0.29, 0.717) is 23.0 Å². The van der Waals surface area contributed by atoms with E-state index >= 15 is 0 Å². The number of nitrogens with zero attached hydrogens (tertiary/aromatic N) is 5. The summed E-state index contributed by atoms with van der Waals surface area (Å²) in [5, 5.41) is 10.4. The molecule has 1 amide bonds. The molecule has 28 heavy (non-hydrogen) atoms. The molecule has 0 saturated carbocycles. The largest absolute Gasteiger partial charge is 0.337 e. The summed E-state index contributed by atoms with van der Waals surface area (Å²) in [4.78, 5) is 19.5. The number of piperidine rings is 1. The van der Waals surface area contributed by atoms with Crippen LogP contribution < -0.4 is 0 Å². The molecule has 0 spiro atoms. The highest BCUT2D eigenvalue weighted by Crippen LogP contribution is 2.28. The Bertz CT molecular complexity index is 1020. The van der Waals surface area contributed by atoms with E-state index in [9.17, 15) is 4.79 Å². The van der Waals surface area contributed by atoms with Gasteiger partial charge in [0.05, 0.1) is 11.3 Å². The molecular formula is C21H27N5OS. The van der Waals surface area contributed by atoms with Crippen molar-refractivity contribution in [1.82, 2.24) is 24.6 Å². The van der Waals surface area contributed by atoms with E-state index in [1.807, 2.05) is 11.9 Å². The van der Waals surface area contributed by atoms with Gasteiger partial charge in [0.15, 0.2) is 5.65 Å². The van der Waals surface area contributed by atoms with Gasteiger partial charge in [-0.05, 0) is 57.2 Å². The van der Waals surface area contributed by atoms with Crippen molar-refractivity contribution in [3.8, 4) is 0 Å². The number of fused-ring (bicyclic) bond motifs is 3. The van der Waals surface area contributed by atoms with E-state index in [2.05, 4.69) is 53.7 Å². The predicted molar refractivity (Wildman–Crippen MR) is 114 cm³/mol. The van der Waals surface area contributed by atoms with E-state index in [-0.39, 0.29) is 5.91 Å². The Labute approximate surface area is 169 Å². The van der Waals surface area contributed by atoms with Crippen LogP contribution in [0.4, 0.5) is 0 Å². The molecule has 0 radical (unpaired) electrons. The number of amides is 1. The van der Waals surface area contributed by atoms with Gasteiger partial charge >= 0.3 is 0 Å². The Balaban J connectivity index is 1.57. The summed E-state index contributed by atoms with van der Waals surface area (Å²) in [5.41, 5.74) is 4.01. The van der Waals surface area contributed by atoms with E-state index in [1.54, 1.807) is 0 Å². The first-order valence-electron chi connectivity index (χ1n) is 10.0. The standard InChI is InChI=1S/C21H27N5OS/c1-5-15-9-10-17-16(11-15)19-20(25(17)4)22-21(24-23-19)28-12-18(27)26-13(2)7-6-8-14(26)3/h9-11,13-14H,5-8,12H2,1-4H3/t13-,14-/m0/s1. The average Bonchev–Trinajstić information content (AvgIpc) is 2.97. The smallest absolute Gasteiger partial charge is 0.233 e. The lowest BCUT2D eigenvalue weighted by Gasteiger charge is -2.39. The minimum atomic E-state index is 0.165. The number of aromatic nitrogens is 4. The van der Waals surface area contributed by atoms with Crippen LogP contribution in [0.25, 0.3) is 22.1 Å². The molecule has 2 atom stereocenters. The normalized spacial score (nSPS) is 20.2. The quantitative estimate of drug-likeness (QED) is 0.624. The lowest BCUT2D eigenvalue weighted by Crippen LogP contribution is -2.48. The molecular weight excluding hydrogens is 370 g/mol. The minimum absolute atomic E-state index is 0.165. The Kier molecular flexibility index (Phi) is 5.27. The van der Waals surface area contributed by atoms with Crippen molar-refractivity contribution in [3.63, 3.8) is 0 Å². The van der Waals surface area contributed by atoms with Gasteiger partial charge in [0.25, 0.3) is 0 Å². The maximum Gasteiger partial charge on any atom is 0.233 e. The van der Waals surface area contributed by atoms with Crippen LogP contribution in [0.2, 0.25) is 0 Å². The SMILES string of the molecule is CCc1ccc2c(c1)c1nnc(SCC(=O)N3[C@@H](C)CCC[C@@H]3C)nc1n2C. The van der Waals surface area contributed by atoms with Crippen molar-refractivity contribution in [2.24, 2.45) is 7.05 Å². The molecule has 3 heterocycles. The van der Waals surface area contributed by atoms with Crippen LogP contribution in [0.15, 0.2) is 23.4 Å². The van der Waals surface area contributed by atoms with Crippen LogP contribution in [0.5, 0.6) is 0 Å². The number of carbonyl (C=O) groups is 1. The zero-order valence-electron chi connectivity index (χ0n) is 17.0. The fraction of sp³-hybridized carbons (Fsp3) is 0.524. The van der Waals surface area contributed by atoms with Crippen molar-refractivity contribution >= 4 is 39.7 Å². The van der Waals surface area contributed by atoms with Crippen molar-refractivity contribution in [1.29, 1.82) is 0 Å². The summed E-state index contributed by atoms with van der Waals surface area (Å²) in [6.07, 6.45) is 4.35. The zero-order valence-corrected chi connectivity index (χ0v) is 17.8. The lowest BCUT2D eigenvalue weighted by molar-refractivity contribution is -0.134. The maximum absolute atomic E-state index is 12.8. The number of likely N-dealkylation sites (tertiary alicyclic amines) is 1. The Hall–Kier alpha value is -2.15. The minimum Gasteiger partial charge on any atom is -0.337 e. The molecule has 1 saturated heterocycles. The van der Waals surface area contributed by atoms with Gasteiger partial charge in [-0.25, -0.2) is 4.98 Å². The van der Waals surface area contributed by atoms with Gasteiger partial charge in [0.1, 0.15) is 5.52 Å². The van der Waals surface area contributed by atoms with Gasteiger partial charge in [-0.1, -0.05) is 24.8 Å². The molecule has 6 nitrogen and oxygen atoms in total. The first-order chi connectivity index (χ1) is 13.5. The van der Waals surface area contributed by atoms with Gasteiger partial charge in [0, 0.05) is 24.5 Å². The molecule has 4 rings (SSSR count). The molecule has 1 aliphatic heterocycles. The number of aryl methyl sites for hydroxylation is 2. The second kappa shape index (κ2) is 7.70. The molecule has 7 heteroatoms. The summed E-state index contributed by atoms with van der Waals surface area (Å²) in [6, 6.07) is 7.05. The molecule has 1 fully saturated rings. The van der Waals surface area contributed by atoms with Crippen molar-refractivity contribution in [2.75, 3.05) is 5.75 Å². The molecule has 1 aromatic carbocycles. The van der Waals surface area contributed by atoms with E-state index in [1.165, 1.54) is 23.7 Å². The van der Waals surface area contributed by atoms with Crippen LogP contribution in [0, 0.1) is 0 Å². The Morgan fingerprint density at radius 2 is 1.96 bits per heavy atom. The molecule has 148 valence electrons. The first-order valence-corrected chi connectivity index (χ1v) is 11.0. The summed E-state index contributed by atoms with van der Waals surface area (Å²) in [6.45, 7) is 6.43. The number of carbonyl (C=O) groups excluding carboxylic acids is 1. The van der Waals surface area contributed by atoms with Crippen molar-refractivity contribution in [3.05, 3.63) is 23.8 Å². The van der Waals surface area contributed by atoms with Gasteiger partial charge in [-0.2, -0.15) is 0 Å². The first kappa shape index (κ1) is 19.2. The second-order valence-corrected chi connectivity index (χ2v) is 8.69. The summed E-state index contributed by atoms with van der Waals surface area (Å²) in [5.74, 6) is 0.518. The Morgan fingerprint density at radius 3 is 2.68 bits per heavy atom. The highest BCUT2D eigenvalue weighted by molar-refractivity contribution is 7.99. The van der Waals surface area contributed by atoms with Crippen LogP contribution in [0.3, 0.4) is 0 Å². The molecule has 3 aromatic rings. The van der Waals surface area contributed by atoms with Crippen molar-refractivity contribution in [2.45, 2.75) is 63.7 Å². The number of hydrogen-bond donors (Lipinski definition) is 0. The second-order valence-electron chi connectivity index (χ2n) is 7.75. The number of thioether (sulfide) groups is 1. The van der Waals surface area contributed by atoms with Crippen LogP contribution in [0.1, 0.15) is 45.6 Å². The predicted octanol–water partition coefficient (Wildman–Crippen LogP) is 3.96. The molecule has 0 unspecified atom stereocenters. The van der Waals surface area contributed by atoms with Crippen LogP contribution >= 0.6 is 11.8 Å². The van der Waals surface area contributed by atoms with E-state index in [0.717, 1.165) is 41.3 Å². The van der Waals surface area contributed by atoms with Gasteiger partial charge in [-0.3, -0.25) is 4.79 Å². The number of benzene rings is 1. The van der Waals surface area contributed by atoms with E-state index in [4.69, 9.17) is 4.98 Å². The third-order valence-electron chi connectivity index (χ3n) is 5.86. The molecule has 2 aromatic heterocycles. The van der Waals surface area contributed by atoms with Gasteiger partial charge in [0.2, 0.25) is 11.1 Å². The topological polar surface area (TPSA) is 63.9 Å². The lowest BCUT2D eigenvalue weighted by atomic mass is 9.98. The summed E-state index contributed by atoms with van der Waals surface area (Å²) in [7, 11) is 2.00. The van der Waals surface area contributed by atoms with Crippen LogP contribution in [-0.2, 0) is 18.3 Å². The summed E-state index contributed by atoms with van der Waals surface area (Å²) < 4.78 is 2.06. The highest BCUT2D eigenvalue weighted by Gasteiger charge is 2.28. The highest BCUT2D eigenvalue weighted by atomic mass is 32.2. The molecule has 0 N–H and O–H groups in total. The maximum atomic E-state index is 12.8. The Morgan fingerprint density at radius 1 is 1.21 bits per heavy atom. The van der Waals surface area contributed by atoms with Crippen LogP contribution in [-0.4, -0.2) is 48.4 Å². The molecule has 1 aliphatic rings. The fourth-order valence-electron chi connectivity index (χ4n) is 4.29. The fourth-order valence-corrected chi connectivity index (χ4v) is 4.94. The third-order valence-corrected chi connectivity index (χ3v) is 6.68. The molecule has 0 aliphatic carbocycles. The average molecular weight is 398 g/mol. The monoisotopic (exact) mass is 397 g/mol. The van der Waals surface area contributed by atoms with Crippen molar-refractivity contribution < 1.29 is 4.79 Å². The number of rotatable bonds is 4. The molecule has 0 bridgehead atoms. The zero-order chi connectivity index (χ0) is 19.8. The van der Waals surface area contributed by atoms with Gasteiger partial charge < -0.3 is 9.47 Å². The van der Waals surface area contributed by atoms with Gasteiger partial charge in [-0.15, -0.1) is 10.2 Å². The van der Waals surface area contributed by atoms with E-state index < -0.39 is 0 Å². The number of hydrogen-bond acceptors (Lipinski definition) is 5.